The number of rotatable bonds is 3. The van der Waals surface area contributed by atoms with Gasteiger partial charge in [-0.1, -0.05) is 0 Å². The first-order valence-corrected chi connectivity index (χ1v) is 7.33. The van der Waals surface area contributed by atoms with Crippen LogP contribution in [0.3, 0.4) is 0 Å². The van der Waals surface area contributed by atoms with E-state index < -0.39 is 0 Å². The van der Waals surface area contributed by atoms with Gasteiger partial charge >= 0.3 is 6.03 Å². The molecule has 2 N–H and O–H groups in total. The van der Waals surface area contributed by atoms with Crippen LogP contribution >= 0.6 is 11.3 Å². The van der Waals surface area contributed by atoms with Crippen molar-refractivity contribution < 1.29 is 4.79 Å². The minimum absolute atomic E-state index is 0.00306. The van der Waals surface area contributed by atoms with Crippen LogP contribution in [0, 0.1) is 0 Å². The van der Waals surface area contributed by atoms with Crippen molar-refractivity contribution in [3.05, 3.63) is 40.3 Å². The van der Waals surface area contributed by atoms with Gasteiger partial charge in [-0.2, -0.15) is 16.4 Å². The second-order valence-electron chi connectivity index (χ2n) is 4.65. The first kappa shape index (κ1) is 12.2. The molecule has 0 radical (unpaired) electrons. The number of nitrogens with one attached hydrogen (secondary N) is 2. The highest BCUT2D eigenvalue weighted by atomic mass is 32.1. The van der Waals surface area contributed by atoms with Gasteiger partial charge in [0.05, 0.1) is 18.3 Å². The molecule has 0 saturated carbocycles. The molecule has 19 heavy (non-hydrogen) atoms. The smallest absolute Gasteiger partial charge is 0.318 e. The van der Waals surface area contributed by atoms with Crippen molar-refractivity contribution in [3.8, 4) is 0 Å². The maximum atomic E-state index is 12.2. The monoisotopic (exact) mass is 276 g/mol. The van der Waals surface area contributed by atoms with Crippen molar-refractivity contribution >= 4 is 17.4 Å². The number of carbonyl (C=O) groups is 1. The zero-order valence-electron chi connectivity index (χ0n) is 10.5. The van der Waals surface area contributed by atoms with Crippen LogP contribution in [0.4, 0.5) is 4.79 Å². The van der Waals surface area contributed by atoms with Gasteiger partial charge in [0.25, 0.3) is 0 Å². The molecule has 5 nitrogen and oxygen atoms in total. The molecule has 1 saturated heterocycles. The van der Waals surface area contributed by atoms with Crippen molar-refractivity contribution in [3.63, 3.8) is 0 Å². The number of hydrogen-bond donors (Lipinski definition) is 2. The topological polar surface area (TPSA) is 61.0 Å². The number of urea groups is 1. The molecule has 100 valence electrons. The van der Waals surface area contributed by atoms with Gasteiger partial charge < -0.3 is 10.2 Å². The normalized spacial score (nSPS) is 18.7. The summed E-state index contributed by atoms with van der Waals surface area (Å²) in [6.45, 7) is 1.32. The van der Waals surface area contributed by atoms with E-state index in [1.807, 2.05) is 11.0 Å². The molecule has 6 heteroatoms. The predicted molar refractivity (Wildman–Crippen MR) is 73.8 cm³/mol. The fourth-order valence-electron chi connectivity index (χ4n) is 2.48. The van der Waals surface area contributed by atoms with Gasteiger partial charge in [-0.3, -0.25) is 5.10 Å². The van der Waals surface area contributed by atoms with E-state index in [9.17, 15) is 4.79 Å². The minimum Gasteiger partial charge on any atom is -0.332 e. The van der Waals surface area contributed by atoms with E-state index >= 15 is 0 Å². The summed E-state index contributed by atoms with van der Waals surface area (Å²) in [5.74, 6) is 0. The number of likely N-dealkylation sites (tertiary alicyclic amines) is 1. The average molecular weight is 276 g/mol. The Kier molecular flexibility index (Phi) is 3.50. The van der Waals surface area contributed by atoms with Crippen LogP contribution in [0.2, 0.25) is 0 Å². The number of thiophene rings is 1. The molecule has 3 heterocycles. The van der Waals surface area contributed by atoms with Crippen LogP contribution in [-0.4, -0.2) is 27.7 Å². The Morgan fingerprint density at radius 2 is 2.53 bits per heavy atom. The largest absolute Gasteiger partial charge is 0.332 e. The maximum absolute atomic E-state index is 12.2. The standard InChI is InChI=1S/C13H16N4OS/c18-13(14-8-11-3-5-15-16-11)17-6-1-2-12(17)10-4-7-19-9-10/h3-5,7,9,12H,1-2,6,8H2,(H,14,18)(H,15,16)/t12-/m0/s1. The lowest BCUT2D eigenvalue weighted by Crippen LogP contribution is -2.39. The third kappa shape index (κ3) is 2.63. The molecule has 2 aromatic rings. The third-order valence-electron chi connectivity index (χ3n) is 3.43. The molecule has 2 amide bonds. The predicted octanol–water partition coefficient (Wildman–Crippen LogP) is 2.52. The molecular weight excluding hydrogens is 260 g/mol. The van der Waals surface area contributed by atoms with Crippen LogP contribution < -0.4 is 5.32 Å². The summed E-state index contributed by atoms with van der Waals surface area (Å²) in [6, 6.07) is 4.20. The Balaban J connectivity index is 1.62. The number of aromatic amines is 1. The van der Waals surface area contributed by atoms with Gasteiger partial charge in [0.2, 0.25) is 0 Å². The summed E-state index contributed by atoms with van der Waals surface area (Å²) in [6.07, 6.45) is 3.80. The molecule has 0 aliphatic carbocycles. The maximum Gasteiger partial charge on any atom is 0.318 e. The molecule has 0 aromatic carbocycles. The highest BCUT2D eigenvalue weighted by Gasteiger charge is 2.29. The fourth-order valence-corrected chi connectivity index (χ4v) is 3.18. The molecule has 0 unspecified atom stereocenters. The molecule has 2 aromatic heterocycles. The molecule has 1 fully saturated rings. The van der Waals surface area contributed by atoms with E-state index in [1.165, 1.54) is 5.56 Å². The summed E-state index contributed by atoms with van der Waals surface area (Å²) >= 11 is 1.68. The first-order chi connectivity index (χ1) is 9.34. The van der Waals surface area contributed by atoms with Crippen LogP contribution in [0.25, 0.3) is 0 Å². The molecule has 1 aliphatic rings. The van der Waals surface area contributed by atoms with Gasteiger partial charge in [-0.25, -0.2) is 4.79 Å². The summed E-state index contributed by atoms with van der Waals surface area (Å²) < 4.78 is 0. The highest BCUT2D eigenvalue weighted by molar-refractivity contribution is 7.07. The van der Waals surface area contributed by atoms with Crippen molar-refractivity contribution in [1.29, 1.82) is 0 Å². The Morgan fingerprint density at radius 3 is 3.26 bits per heavy atom. The minimum atomic E-state index is 0.00306. The number of aromatic nitrogens is 2. The summed E-state index contributed by atoms with van der Waals surface area (Å²) in [5.41, 5.74) is 2.17. The lowest BCUT2D eigenvalue weighted by atomic mass is 10.1. The first-order valence-electron chi connectivity index (χ1n) is 6.39. The van der Waals surface area contributed by atoms with E-state index in [0.717, 1.165) is 25.1 Å². The van der Waals surface area contributed by atoms with Gasteiger partial charge in [0, 0.05) is 12.7 Å². The van der Waals surface area contributed by atoms with Gasteiger partial charge in [-0.15, -0.1) is 0 Å². The van der Waals surface area contributed by atoms with Gasteiger partial charge in [-0.05, 0) is 41.3 Å². The number of hydrogen-bond acceptors (Lipinski definition) is 3. The quantitative estimate of drug-likeness (QED) is 0.905. The average Bonchev–Trinajstić information content (AvgIpc) is 3.14. The van der Waals surface area contributed by atoms with Crippen LogP contribution in [0.5, 0.6) is 0 Å². The lowest BCUT2D eigenvalue weighted by Gasteiger charge is -2.24. The number of amides is 2. The Morgan fingerprint density at radius 1 is 1.58 bits per heavy atom. The van der Waals surface area contributed by atoms with Gasteiger partial charge in [0.1, 0.15) is 0 Å². The van der Waals surface area contributed by atoms with Crippen LogP contribution in [-0.2, 0) is 6.54 Å². The Labute approximate surface area is 115 Å². The zero-order chi connectivity index (χ0) is 13.1. The summed E-state index contributed by atoms with van der Waals surface area (Å²) in [7, 11) is 0. The number of carbonyl (C=O) groups excluding carboxylic acids is 1. The highest BCUT2D eigenvalue weighted by Crippen LogP contribution is 2.32. The lowest BCUT2D eigenvalue weighted by molar-refractivity contribution is 0.192. The van der Waals surface area contributed by atoms with Crippen LogP contribution in [0.15, 0.2) is 29.1 Å². The second kappa shape index (κ2) is 5.44. The molecule has 0 bridgehead atoms. The summed E-state index contributed by atoms with van der Waals surface area (Å²) in [5, 5.41) is 13.8. The van der Waals surface area contributed by atoms with E-state index in [4.69, 9.17) is 0 Å². The van der Waals surface area contributed by atoms with Crippen molar-refractivity contribution in [2.75, 3.05) is 6.54 Å². The van der Waals surface area contributed by atoms with Crippen molar-refractivity contribution in [2.24, 2.45) is 0 Å². The second-order valence-corrected chi connectivity index (χ2v) is 5.43. The molecule has 1 atom stereocenters. The summed E-state index contributed by atoms with van der Waals surface area (Å²) in [4.78, 5) is 14.2. The molecule has 0 spiro atoms. The number of nitrogens with zero attached hydrogens (tertiary/aromatic N) is 2. The zero-order valence-corrected chi connectivity index (χ0v) is 11.3. The van der Waals surface area contributed by atoms with E-state index in [-0.39, 0.29) is 12.1 Å². The number of H-pyrrole nitrogens is 1. The van der Waals surface area contributed by atoms with E-state index in [1.54, 1.807) is 17.5 Å². The third-order valence-corrected chi connectivity index (χ3v) is 4.13. The molecular formula is C13H16N4OS. The molecule has 3 rings (SSSR count). The Hall–Kier alpha value is -1.82. The SMILES string of the molecule is O=C(NCc1ccn[nH]1)N1CCC[C@H]1c1ccsc1. The fraction of sp³-hybridized carbons (Fsp3) is 0.385. The van der Waals surface area contributed by atoms with Crippen LogP contribution in [0.1, 0.15) is 30.1 Å². The van der Waals surface area contributed by atoms with Crippen molar-refractivity contribution in [2.45, 2.75) is 25.4 Å². The van der Waals surface area contributed by atoms with Crippen molar-refractivity contribution in [1.82, 2.24) is 20.4 Å². The Bertz CT molecular complexity index is 523. The van der Waals surface area contributed by atoms with E-state index in [2.05, 4.69) is 32.3 Å². The molecule has 1 aliphatic heterocycles. The van der Waals surface area contributed by atoms with E-state index in [0.29, 0.717) is 6.54 Å². The van der Waals surface area contributed by atoms with Gasteiger partial charge in [0.15, 0.2) is 0 Å².